The highest BCUT2D eigenvalue weighted by Crippen LogP contribution is 2.08. The molecule has 3 nitrogen and oxygen atoms in total. The molecule has 3 heteroatoms. The van der Waals surface area contributed by atoms with Crippen LogP contribution < -0.4 is 5.73 Å². The lowest BCUT2D eigenvalue weighted by molar-refractivity contribution is 0.0916. The molecule has 1 heterocycles. The van der Waals surface area contributed by atoms with Crippen molar-refractivity contribution in [1.29, 1.82) is 0 Å². The minimum Gasteiger partial charge on any atom is -0.330 e. The smallest absolute Gasteiger partial charge is 0.185 e. The van der Waals surface area contributed by atoms with Crippen LogP contribution in [0.25, 0.3) is 0 Å². The highest BCUT2D eigenvalue weighted by atomic mass is 16.1. The van der Waals surface area contributed by atoms with Crippen LogP contribution in [0, 0.1) is 5.92 Å². The molecule has 1 aromatic rings. The first kappa shape index (κ1) is 9.86. The van der Waals surface area contributed by atoms with Crippen molar-refractivity contribution in [2.24, 2.45) is 11.7 Å². The Morgan fingerprint density at radius 2 is 2.38 bits per heavy atom. The lowest BCUT2D eigenvalue weighted by Gasteiger charge is -2.09. The molecule has 0 saturated heterocycles. The first-order chi connectivity index (χ1) is 6.29. The number of hydrogen-bond donors (Lipinski definition) is 1. The zero-order valence-corrected chi connectivity index (χ0v) is 7.73. The molecule has 0 bridgehead atoms. The van der Waals surface area contributed by atoms with Crippen LogP contribution in [-0.4, -0.2) is 17.3 Å². The standard InChI is InChI=1S/C10H14N2O/c1-2-8(7-11)10(13)9-5-3-4-6-12-9/h3-6,8H,2,7,11H2,1H3. The highest BCUT2D eigenvalue weighted by Gasteiger charge is 2.16. The van der Waals surface area contributed by atoms with Crippen molar-refractivity contribution in [2.45, 2.75) is 13.3 Å². The monoisotopic (exact) mass is 178 g/mol. The van der Waals surface area contributed by atoms with Gasteiger partial charge in [-0.2, -0.15) is 0 Å². The summed E-state index contributed by atoms with van der Waals surface area (Å²) in [6.45, 7) is 2.35. The predicted octanol–water partition coefficient (Wildman–Crippen LogP) is 1.25. The predicted molar refractivity (Wildman–Crippen MR) is 51.4 cm³/mol. The number of nitrogens with zero attached hydrogens (tertiary/aromatic N) is 1. The average molecular weight is 178 g/mol. The number of hydrogen-bond acceptors (Lipinski definition) is 3. The minimum atomic E-state index is -0.0881. The van der Waals surface area contributed by atoms with Gasteiger partial charge in [0.25, 0.3) is 0 Å². The van der Waals surface area contributed by atoms with E-state index in [-0.39, 0.29) is 11.7 Å². The second-order valence-electron chi connectivity index (χ2n) is 2.92. The third-order valence-electron chi connectivity index (χ3n) is 2.07. The molecule has 70 valence electrons. The second kappa shape index (κ2) is 4.72. The molecule has 1 rings (SSSR count). The van der Waals surface area contributed by atoms with E-state index >= 15 is 0 Å². The van der Waals surface area contributed by atoms with Crippen molar-refractivity contribution in [2.75, 3.05) is 6.54 Å². The van der Waals surface area contributed by atoms with Crippen LogP contribution in [-0.2, 0) is 0 Å². The van der Waals surface area contributed by atoms with E-state index in [0.717, 1.165) is 6.42 Å². The maximum absolute atomic E-state index is 11.7. The maximum atomic E-state index is 11.7. The largest absolute Gasteiger partial charge is 0.330 e. The van der Waals surface area contributed by atoms with Gasteiger partial charge in [-0.15, -0.1) is 0 Å². The SMILES string of the molecule is CCC(CN)C(=O)c1ccccn1. The molecule has 0 amide bonds. The molecule has 1 atom stereocenters. The Morgan fingerprint density at radius 1 is 1.62 bits per heavy atom. The van der Waals surface area contributed by atoms with E-state index < -0.39 is 0 Å². The number of nitrogens with two attached hydrogens (primary N) is 1. The van der Waals surface area contributed by atoms with E-state index in [1.807, 2.05) is 13.0 Å². The molecule has 0 fully saturated rings. The molecule has 0 aliphatic rings. The molecule has 0 radical (unpaired) electrons. The molecule has 0 spiro atoms. The van der Waals surface area contributed by atoms with Gasteiger partial charge in [0, 0.05) is 18.7 Å². The fraction of sp³-hybridized carbons (Fsp3) is 0.400. The Hall–Kier alpha value is -1.22. The minimum absolute atomic E-state index is 0.0469. The summed E-state index contributed by atoms with van der Waals surface area (Å²) in [5, 5.41) is 0. The Balaban J connectivity index is 2.78. The van der Waals surface area contributed by atoms with Crippen molar-refractivity contribution in [3.8, 4) is 0 Å². The van der Waals surface area contributed by atoms with Gasteiger partial charge < -0.3 is 5.73 Å². The normalized spacial score (nSPS) is 12.5. The molecule has 0 aliphatic heterocycles. The molecule has 0 aliphatic carbocycles. The lowest BCUT2D eigenvalue weighted by Crippen LogP contribution is -2.23. The summed E-state index contributed by atoms with van der Waals surface area (Å²) >= 11 is 0. The zero-order chi connectivity index (χ0) is 9.68. The number of carbonyl (C=O) groups is 1. The molecule has 1 unspecified atom stereocenters. The van der Waals surface area contributed by atoms with Gasteiger partial charge in [-0.25, -0.2) is 0 Å². The molecule has 1 aromatic heterocycles. The van der Waals surface area contributed by atoms with Crippen molar-refractivity contribution >= 4 is 5.78 Å². The number of aromatic nitrogens is 1. The quantitative estimate of drug-likeness (QED) is 0.706. The molecule has 0 aromatic carbocycles. The van der Waals surface area contributed by atoms with Crippen LogP contribution in [0.4, 0.5) is 0 Å². The average Bonchev–Trinajstić information content (AvgIpc) is 2.21. The van der Waals surface area contributed by atoms with E-state index in [0.29, 0.717) is 12.2 Å². The van der Waals surface area contributed by atoms with Crippen LogP contribution in [0.3, 0.4) is 0 Å². The first-order valence-electron chi connectivity index (χ1n) is 4.45. The number of carbonyl (C=O) groups excluding carboxylic acids is 1. The Bertz CT molecular complexity index is 268. The second-order valence-corrected chi connectivity index (χ2v) is 2.92. The van der Waals surface area contributed by atoms with Crippen molar-refractivity contribution in [1.82, 2.24) is 4.98 Å². The molecular formula is C10H14N2O. The van der Waals surface area contributed by atoms with Gasteiger partial charge in [-0.05, 0) is 18.6 Å². The van der Waals surface area contributed by atoms with Gasteiger partial charge >= 0.3 is 0 Å². The Morgan fingerprint density at radius 3 is 2.85 bits per heavy atom. The summed E-state index contributed by atoms with van der Waals surface area (Å²) in [6, 6.07) is 5.32. The summed E-state index contributed by atoms with van der Waals surface area (Å²) in [5.41, 5.74) is 5.99. The first-order valence-corrected chi connectivity index (χ1v) is 4.45. The molecule has 2 N–H and O–H groups in total. The van der Waals surface area contributed by atoms with Crippen LogP contribution in [0.15, 0.2) is 24.4 Å². The zero-order valence-electron chi connectivity index (χ0n) is 7.73. The fourth-order valence-electron chi connectivity index (χ4n) is 1.18. The van der Waals surface area contributed by atoms with E-state index in [4.69, 9.17) is 5.73 Å². The number of rotatable bonds is 4. The van der Waals surface area contributed by atoms with Crippen LogP contribution in [0.2, 0.25) is 0 Å². The van der Waals surface area contributed by atoms with Gasteiger partial charge in [0.05, 0.1) is 0 Å². The fourth-order valence-corrected chi connectivity index (χ4v) is 1.18. The summed E-state index contributed by atoms with van der Waals surface area (Å²) in [4.78, 5) is 15.7. The third-order valence-corrected chi connectivity index (χ3v) is 2.07. The Kier molecular flexibility index (Phi) is 3.58. The summed E-state index contributed by atoms with van der Waals surface area (Å²) in [7, 11) is 0. The van der Waals surface area contributed by atoms with Gasteiger partial charge in [-0.3, -0.25) is 9.78 Å². The Labute approximate surface area is 78.0 Å². The molecule has 13 heavy (non-hydrogen) atoms. The van der Waals surface area contributed by atoms with Crippen LogP contribution in [0.5, 0.6) is 0 Å². The lowest BCUT2D eigenvalue weighted by atomic mass is 9.99. The maximum Gasteiger partial charge on any atom is 0.185 e. The third kappa shape index (κ3) is 2.36. The summed E-state index contributed by atoms with van der Waals surface area (Å²) in [5.74, 6) is -0.0412. The van der Waals surface area contributed by atoms with Gasteiger partial charge in [0.1, 0.15) is 5.69 Å². The molecular weight excluding hydrogens is 164 g/mol. The van der Waals surface area contributed by atoms with E-state index in [9.17, 15) is 4.79 Å². The van der Waals surface area contributed by atoms with Crippen molar-refractivity contribution in [3.63, 3.8) is 0 Å². The van der Waals surface area contributed by atoms with Gasteiger partial charge in [0.2, 0.25) is 0 Å². The van der Waals surface area contributed by atoms with E-state index in [1.165, 1.54) is 0 Å². The van der Waals surface area contributed by atoms with Gasteiger partial charge in [0.15, 0.2) is 5.78 Å². The van der Waals surface area contributed by atoms with Crippen LogP contribution in [0.1, 0.15) is 23.8 Å². The van der Waals surface area contributed by atoms with E-state index in [2.05, 4.69) is 4.98 Å². The highest BCUT2D eigenvalue weighted by molar-refractivity contribution is 5.96. The van der Waals surface area contributed by atoms with E-state index in [1.54, 1.807) is 18.3 Å². The summed E-state index contributed by atoms with van der Waals surface area (Å²) < 4.78 is 0. The number of pyridine rings is 1. The molecule has 0 saturated carbocycles. The summed E-state index contributed by atoms with van der Waals surface area (Å²) in [6.07, 6.45) is 2.39. The number of ketones is 1. The van der Waals surface area contributed by atoms with Crippen molar-refractivity contribution < 1.29 is 4.79 Å². The van der Waals surface area contributed by atoms with Gasteiger partial charge in [-0.1, -0.05) is 13.0 Å². The van der Waals surface area contributed by atoms with Crippen LogP contribution >= 0.6 is 0 Å². The number of Topliss-reactive ketones (excluding diaryl/α,β-unsaturated/α-hetero) is 1. The van der Waals surface area contributed by atoms with Crippen molar-refractivity contribution in [3.05, 3.63) is 30.1 Å². The topological polar surface area (TPSA) is 56.0 Å².